The second kappa shape index (κ2) is 6.19. The molecular formula is C14H25N3O2. The summed E-state index contributed by atoms with van der Waals surface area (Å²) in [5.74, 6) is 1.36. The fourth-order valence-electron chi connectivity index (χ4n) is 1.62. The highest BCUT2D eigenvalue weighted by atomic mass is 16.4. The Labute approximate surface area is 115 Å². The first-order chi connectivity index (χ1) is 8.75. The molecule has 2 N–H and O–H groups in total. The Morgan fingerprint density at radius 2 is 2.11 bits per heavy atom. The van der Waals surface area contributed by atoms with E-state index in [9.17, 15) is 4.79 Å². The van der Waals surface area contributed by atoms with Crippen molar-refractivity contribution in [2.45, 2.75) is 65.6 Å². The van der Waals surface area contributed by atoms with E-state index in [1.54, 1.807) is 6.20 Å². The van der Waals surface area contributed by atoms with Crippen LogP contribution in [0.1, 0.15) is 58.7 Å². The molecule has 2 atom stereocenters. The number of rotatable bonds is 6. The van der Waals surface area contributed by atoms with Gasteiger partial charge in [0.15, 0.2) is 0 Å². The van der Waals surface area contributed by atoms with Gasteiger partial charge in [0.25, 0.3) is 0 Å². The monoisotopic (exact) mass is 267 g/mol. The highest BCUT2D eigenvalue weighted by Crippen LogP contribution is 2.13. The smallest absolute Gasteiger partial charge is 0.237 e. The van der Waals surface area contributed by atoms with E-state index in [2.05, 4.69) is 22.5 Å². The van der Waals surface area contributed by atoms with Crippen LogP contribution < -0.4 is 10.6 Å². The number of aryl methyl sites for hydroxylation is 1. The molecule has 0 aliphatic heterocycles. The van der Waals surface area contributed by atoms with E-state index >= 15 is 0 Å². The molecular weight excluding hydrogens is 242 g/mol. The topological polar surface area (TPSA) is 67.2 Å². The number of nitrogens with one attached hydrogen (secondary N) is 2. The molecule has 0 aliphatic rings. The molecule has 1 aromatic heterocycles. The summed E-state index contributed by atoms with van der Waals surface area (Å²) >= 11 is 0. The Bertz CT molecular complexity index is 426. The third-order valence-corrected chi connectivity index (χ3v) is 3.25. The van der Waals surface area contributed by atoms with Gasteiger partial charge in [-0.15, -0.1) is 0 Å². The summed E-state index contributed by atoms with van der Waals surface area (Å²) in [7, 11) is 0. The molecule has 0 spiro atoms. The minimum atomic E-state index is -0.298. The number of amides is 1. The van der Waals surface area contributed by atoms with Crippen molar-refractivity contribution in [2.75, 3.05) is 0 Å². The van der Waals surface area contributed by atoms with Crippen LogP contribution in [0.15, 0.2) is 10.6 Å². The van der Waals surface area contributed by atoms with E-state index < -0.39 is 0 Å². The van der Waals surface area contributed by atoms with Crippen molar-refractivity contribution in [2.24, 2.45) is 0 Å². The van der Waals surface area contributed by atoms with E-state index in [-0.39, 0.29) is 23.5 Å². The lowest BCUT2D eigenvalue weighted by Gasteiger charge is -2.27. The summed E-state index contributed by atoms with van der Waals surface area (Å²) in [6.07, 6.45) is 2.57. The van der Waals surface area contributed by atoms with Gasteiger partial charge in [0, 0.05) is 5.54 Å². The zero-order valence-electron chi connectivity index (χ0n) is 12.7. The van der Waals surface area contributed by atoms with Crippen LogP contribution in [0.2, 0.25) is 0 Å². The lowest BCUT2D eigenvalue weighted by molar-refractivity contribution is -0.124. The van der Waals surface area contributed by atoms with Crippen LogP contribution in [0, 0.1) is 6.92 Å². The fraction of sp³-hybridized carbons (Fsp3) is 0.714. The van der Waals surface area contributed by atoms with Gasteiger partial charge >= 0.3 is 0 Å². The number of aromatic nitrogens is 1. The molecule has 1 amide bonds. The van der Waals surface area contributed by atoms with Crippen LogP contribution in [0.25, 0.3) is 0 Å². The molecule has 0 saturated heterocycles. The first kappa shape index (κ1) is 15.7. The van der Waals surface area contributed by atoms with E-state index in [0.717, 1.165) is 12.2 Å². The van der Waals surface area contributed by atoms with Gasteiger partial charge in [-0.3, -0.25) is 10.1 Å². The maximum absolute atomic E-state index is 12.1. The molecule has 0 saturated carbocycles. The summed E-state index contributed by atoms with van der Waals surface area (Å²) in [5, 5.41) is 6.20. The van der Waals surface area contributed by atoms with Gasteiger partial charge in [-0.05, 0) is 41.0 Å². The first-order valence-corrected chi connectivity index (χ1v) is 6.75. The van der Waals surface area contributed by atoms with Gasteiger partial charge in [0.2, 0.25) is 11.8 Å². The maximum atomic E-state index is 12.1. The third-order valence-electron chi connectivity index (χ3n) is 3.25. The Kier molecular flexibility index (Phi) is 5.11. The van der Waals surface area contributed by atoms with Crippen molar-refractivity contribution >= 4 is 5.91 Å². The van der Waals surface area contributed by atoms with Crippen molar-refractivity contribution in [1.82, 2.24) is 15.6 Å². The zero-order chi connectivity index (χ0) is 14.6. The Balaban J connectivity index is 2.54. The van der Waals surface area contributed by atoms with Gasteiger partial charge in [-0.25, -0.2) is 4.98 Å². The maximum Gasteiger partial charge on any atom is 0.237 e. The van der Waals surface area contributed by atoms with E-state index in [0.29, 0.717) is 5.89 Å². The minimum Gasteiger partial charge on any atom is -0.444 e. The predicted molar refractivity (Wildman–Crippen MR) is 74.8 cm³/mol. The fourth-order valence-corrected chi connectivity index (χ4v) is 1.62. The molecule has 0 fully saturated rings. The second-order valence-corrected chi connectivity index (χ2v) is 5.65. The quantitative estimate of drug-likeness (QED) is 0.830. The van der Waals surface area contributed by atoms with Crippen molar-refractivity contribution in [3.05, 3.63) is 17.8 Å². The van der Waals surface area contributed by atoms with Gasteiger partial charge in [0.05, 0.1) is 18.3 Å². The Morgan fingerprint density at radius 3 is 2.58 bits per heavy atom. The predicted octanol–water partition coefficient (Wildman–Crippen LogP) is 2.33. The molecule has 2 unspecified atom stereocenters. The number of hydrogen-bond donors (Lipinski definition) is 2. The number of carbonyl (C=O) groups excluding carboxylic acids is 1. The second-order valence-electron chi connectivity index (χ2n) is 5.65. The first-order valence-electron chi connectivity index (χ1n) is 6.75. The van der Waals surface area contributed by atoms with Crippen LogP contribution in [-0.4, -0.2) is 22.5 Å². The average molecular weight is 267 g/mol. The summed E-state index contributed by atoms with van der Waals surface area (Å²) in [4.78, 5) is 16.2. The van der Waals surface area contributed by atoms with Crippen LogP contribution in [-0.2, 0) is 4.79 Å². The number of hydrogen-bond acceptors (Lipinski definition) is 4. The van der Waals surface area contributed by atoms with Gasteiger partial charge < -0.3 is 9.73 Å². The highest BCUT2D eigenvalue weighted by molar-refractivity contribution is 5.82. The molecule has 0 bridgehead atoms. The van der Waals surface area contributed by atoms with E-state index in [1.807, 2.05) is 34.6 Å². The molecule has 0 radical (unpaired) electrons. The molecule has 5 nitrogen and oxygen atoms in total. The molecule has 1 rings (SSSR count). The lowest BCUT2D eigenvalue weighted by Crippen LogP contribution is -2.51. The normalized spacial score (nSPS) is 15.1. The van der Waals surface area contributed by atoms with Crippen molar-refractivity contribution in [3.63, 3.8) is 0 Å². The lowest BCUT2D eigenvalue weighted by atomic mass is 10.0. The highest BCUT2D eigenvalue weighted by Gasteiger charge is 2.23. The Morgan fingerprint density at radius 1 is 1.47 bits per heavy atom. The van der Waals surface area contributed by atoms with Crippen LogP contribution in [0.5, 0.6) is 0 Å². The van der Waals surface area contributed by atoms with Gasteiger partial charge in [-0.2, -0.15) is 0 Å². The molecule has 0 aliphatic carbocycles. The Hall–Kier alpha value is -1.36. The third kappa shape index (κ3) is 4.67. The molecule has 1 heterocycles. The van der Waals surface area contributed by atoms with Crippen molar-refractivity contribution in [1.29, 1.82) is 0 Å². The average Bonchev–Trinajstić information content (AvgIpc) is 2.75. The summed E-state index contributed by atoms with van der Waals surface area (Å²) in [6, 6.07) is -0.396. The van der Waals surface area contributed by atoms with Crippen LogP contribution in [0.3, 0.4) is 0 Å². The largest absolute Gasteiger partial charge is 0.444 e. The summed E-state index contributed by atoms with van der Waals surface area (Å²) in [5.41, 5.74) is -0.185. The number of nitrogens with zero attached hydrogens (tertiary/aromatic N) is 1. The van der Waals surface area contributed by atoms with Crippen LogP contribution >= 0.6 is 0 Å². The molecule has 1 aromatic rings. The molecule has 19 heavy (non-hydrogen) atoms. The minimum absolute atomic E-state index is 0.0121. The number of carbonyl (C=O) groups is 1. The van der Waals surface area contributed by atoms with Crippen molar-refractivity contribution in [3.8, 4) is 0 Å². The number of oxazole rings is 1. The van der Waals surface area contributed by atoms with Crippen molar-refractivity contribution < 1.29 is 9.21 Å². The molecule has 108 valence electrons. The van der Waals surface area contributed by atoms with E-state index in [4.69, 9.17) is 4.42 Å². The standard InChI is InChI=1S/C14H25N3O2/c1-7-14(5,6)17-12(18)10(3)16-11(4)13-15-8-9(2)19-13/h8,10-11,16H,7H2,1-6H3,(H,17,18). The summed E-state index contributed by atoms with van der Waals surface area (Å²) in [6.45, 7) is 11.7. The van der Waals surface area contributed by atoms with E-state index in [1.165, 1.54) is 0 Å². The van der Waals surface area contributed by atoms with Gasteiger partial charge in [-0.1, -0.05) is 6.92 Å². The van der Waals surface area contributed by atoms with Gasteiger partial charge in [0.1, 0.15) is 5.76 Å². The van der Waals surface area contributed by atoms with Crippen LogP contribution in [0.4, 0.5) is 0 Å². The molecule has 5 heteroatoms. The zero-order valence-corrected chi connectivity index (χ0v) is 12.7. The SMILES string of the molecule is CCC(C)(C)NC(=O)C(C)NC(C)c1ncc(C)o1. The molecule has 0 aromatic carbocycles. The summed E-state index contributed by atoms with van der Waals surface area (Å²) < 4.78 is 5.44.